The molecule has 1 aliphatic heterocycles. The van der Waals surface area contributed by atoms with Crippen LogP contribution in [0.4, 0.5) is 0 Å². The molecule has 14 heavy (non-hydrogen) atoms. The van der Waals surface area contributed by atoms with Gasteiger partial charge in [0.1, 0.15) is 5.82 Å². The Morgan fingerprint density at radius 2 is 2.00 bits per heavy atom. The summed E-state index contributed by atoms with van der Waals surface area (Å²) in [5, 5.41) is 0. The maximum atomic E-state index is 4.56. The number of aryl methyl sites for hydroxylation is 1. The van der Waals surface area contributed by atoms with Crippen molar-refractivity contribution in [2.45, 2.75) is 57.4 Å². The van der Waals surface area contributed by atoms with Gasteiger partial charge in [0.05, 0.1) is 0 Å². The first-order valence-corrected chi connectivity index (χ1v) is 5.61. The molecule has 0 unspecified atom stereocenters. The molecule has 3 rings (SSSR count). The van der Waals surface area contributed by atoms with Gasteiger partial charge in [-0.05, 0) is 19.3 Å². The van der Waals surface area contributed by atoms with Crippen molar-refractivity contribution < 1.29 is 0 Å². The molecular formula is C12H18N2. The van der Waals surface area contributed by atoms with E-state index in [9.17, 15) is 0 Å². The monoisotopic (exact) mass is 190 g/mol. The van der Waals surface area contributed by atoms with Crippen LogP contribution in [0.25, 0.3) is 0 Å². The van der Waals surface area contributed by atoms with E-state index in [1.807, 2.05) is 0 Å². The Labute approximate surface area is 85.3 Å². The maximum absolute atomic E-state index is 4.56. The van der Waals surface area contributed by atoms with Gasteiger partial charge >= 0.3 is 0 Å². The van der Waals surface area contributed by atoms with Crippen molar-refractivity contribution in [1.82, 2.24) is 9.55 Å². The van der Waals surface area contributed by atoms with Crippen LogP contribution in [0, 0.1) is 0 Å². The van der Waals surface area contributed by atoms with Crippen LogP contribution in [-0.4, -0.2) is 9.55 Å². The minimum Gasteiger partial charge on any atom is -0.325 e. The molecule has 2 heteroatoms. The van der Waals surface area contributed by atoms with Crippen molar-refractivity contribution >= 4 is 0 Å². The third-order valence-corrected chi connectivity index (χ3v) is 3.72. The predicted molar refractivity (Wildman–Crippen MR) is 56.5 cm³/mol. The van der Waals surface area contributed by atoms with Gasteiger partial charge in [-0.3, -0.25) is 0 Å². The summed E-state index contributed by atoms with van der Waals surface area (Å²) in [7, 11) is 0. The van der Waals surface area contributed by atoms with Crippen LogP contribution < -0.4 is 0 Å². The first-order valence-electron chi connectivity index (χ1n) is 5.61. The van der Waals surface area contributed by atoms with E-state index in [1.54, 1.807) is 0 Å². The van der Waals surface area contributed by atoms with Gasteiger partial charge in [0, 0.05) is 29.3 Å². The Hall–Kier alpha value is -0.790. The summed E-state index contributed by atoms with van der Waals surface area (Å²) in [6.45, 7) is 6.85. The largest absolute Gasteiger partial charge is 0.325 e. The summed E-state index contributed by atoms with van der Waals surface area (Å²) in [6.07, 6.45) is 7.36. The second kappa shape index (κ2) is 2.23. The first-order chi connectivity index (χ1) is 6.53. The molecule has 1 aromatic rings. The van der Waals surface area contributed by atoms with Crippen molar-refractivity contribution in [3.05, 3.63) is 17.7 Å². The fourth-order valence-electron chi connectivity index (χ4n) is 2.70. The maximum Gasteiger partial charge on any atom is 0.109 e. The lowest BCUT2D eigenvalue weighted by Gasteiger charge is -2.24. The number of hydrogen-bond acceptors (Lipinski definition) is 1. The van der Waals surface area contributed by atoms with Crippen molar-refractivity contribution in [2.24, 2.45) is 0 Å². The van der Waals surface area contributed by atoms with Crippen molar-refractivity contribution in [1.29, 1.82) is 0 Å². The van der Waals surface area contributed by atoms with Crippen LogP contribution in [-0.2, 0) is 17.4 Å². The van der Waals surface area contributed by atoms with Gasteiger partial charge in [-0.25, -0.2) is 4.98 Å². The highest BCUT2D eigenvalue weighted by Crippen LogP contribution is 2.53. The van der Waals surface area contributed by atoms with Gasteiger partial charge in [-0.1, -0.05) is 20.8 Å². The second-order valence-electron chi connectivity index (χ2n) is 5.87. The molecule has 0 aromatic carbocycles. The molecule has 1 fully saturated rings. The molecule has 76 valence electrons. The fraction of sp³-hybridized carbons (Fsp3) is 0.750. The number of fused-ring (bicyclic) bond motifs is 2. The Kier molecular flexibility index (Phi) is 1.36. The number of imidazole rings is 1. The Bertz CT molecular complexity index is 378. The first kappa shape index (κ1) is 8.51. The van der Waals surface area contributed by atoms with Crippen LogP contribution in [0.1, 0.15) is 51.6 Å². The SMILES string of the molecule is CC(C)(C)c1cnc2n1C1(CC2)CC1. The zero-order valence-electron chi connectivity index (χ0n) is 9.30. The molecule has 1 saturated carbocycles. The molecular weight excluding hydrogens is 172 g/mol. The molecule has 0 amide bonds. The van der Waals surface area contributed by atoms with Crippen LogP contribution >= 0.6 is 0 Å². The van der Waals surface area contributed by atoms with E-state index in [0.29, 0.717) is 5.54 Å². The zero-order valence-corrected chi connectivity index (χ0v) is 9.30. The average molecular weight is 190 g/mol. The lowest BCUT2D eigenvalue weighted by Crippen LogP contribution is -2.22. The number of hydrogen-bond donors (Lipinski definition) is 0. The molecule has 2 heterocycles. The summed E-state index contributed by atoms with van der Waals surface area (Å²) in [5.41, 5.74) is 2.18. The molecule has 0 saturated heterocycles. The van der Waals surface area contributed by atoms with E-state index in [4.69, 9.17) is 0 Å². The molecule has 0 bridgehead atoms. The van der Waals surface area contributed by atoms with Crippen molar-refractivity contribution in [3.63, 3.8) is 0 Å². The van der Waals surface area contributed by atoms with Gasteiger partial charge in [-0.2, -0.15) is 0 Å². The Balaban J connectivity index is 2.16. The summed E-state index contributed by atoms with van der Waals surface area (Å²) in [5.74, 6) is 1.33. The lowest BCUT2D eigenvalue weighted by molar-refractivity contribution is 0.443. The topological polar surface area (TPSA) is 17.8 Å². The third kappa shape index (κ3) is 0.943. The summed E-state index contributed by atoms with van der Waals surface area (Å²) in [6, 6.07) is 0. The fourth-order valence-corrected chi connectivity index (χ4v) is 2.70. The molecule has 0 atom stereocenters. The van der Waals surface area contributed by atoms with E-state index in [-0.39, 0.29) is 5.41 Å². The number of nitrogens with zero attached hydrogens (tertiary/aromatic N) is 2. The van der Waals surface area contributed by atoms with Gasteiger partial charge in [-0.15, -0.1) is 0 Å². The zero-order chi connectivity index (χ0) is 9.97. The van der Waals surface area contributed by atoms with E-state index in [2.05, 4.69) is 36.5 Å². The van der Waals surface area contributed by atoms with Crippen LogP contribution in [0.15, 0.2) is 6.20 Å². The summed E-state index contributed by atoms with van der Waals surface area (Å²) < 4.78 is 2.55. The van der Waals surface area contributed by atoms with Gasteiger partial charge in [0.25, 0.3) is 0 Å². The highest BCUT2D eigenvalue weighted by atomic mass is 15.2. The smallest absolute Gasteiger partial charge is 0.109 e. The lowest BCUT2D eigenvalue weighted by atomic mass is 9.92. The van der Waals surface area contributed by atoms with E-state index in [1.165, 1.54) is 37.2 Å². The van der Waals surface area contributed by atoms with Crippen LogP contribution in [0.2, 0.25) is 0 Å². The number of rotatable bonds is 0. The standard InChI is InChI=1S/C12H18N2/c1-11(2,3)9-8-13-10-4-5-12(6-7-12)14(9)10/h8H,4-7H2,1-3H3. The van der Waals surface area contributed by atoms with Gasteiger partial charge in [0.2, 0.25) is 0 Å². The molecule has 2 aliphatic rings. The normalized spacial score (nSPS) is 22.8. The molecule has 1 aliphatic carbocycles. The van der Waals surface area contributed by atoms with Crippen LogP contribution in [0.3, 0.4) is 0 Å². The second-order valence-corrected chi connectivity index (χ2v) is 5.87. The van der Waals surface area contributed by atoms with Crippen LogP contribution in [0.5, 0.6) is 0 Å². The van der Waals surface area contributed by atoms with E-state index >= 15 is 0 Å². The van der Waals surface area contributed by atoms with Gasteiger partial charge in [0.15, 0.2) is 0 Å². The molecule has 0 radical (unpaired) electrons. The Morgan fingerprint density at radius 1 is 1.29 bits per heavy atom. The molecule has 1 spiro atoms. The summed E-state index contributed by atoms with van der Waals surface area (Å²) in [4.78, 5) is 4.56. The molecule has 2 nitrogen and oxygen atoms in total. The minimum absolute atomic E-state index is 0.241. The Morgan fingerprint density at radius 3 is 2.57 bits per heavy atom. The highest BCUT2D eigenvalue weighted by molar-refractivity contribution is 5.25. The van der Waals surface area contributed by atoms with E-state index in [0.717, 1.165) is 0 Å². The summed E-state index contributed by atoms with van der Waals surface area (Å²) >= 11 is 0. The minimum atomic E-state index is 0.241. The highest BCUT2D eigenvalue weighted by Gasteiger charge is 2.50. The molecule has 1 aromatic heterocycles. The number of aromatic nitrogens is 2. The van der Waals surface area contributed by atoms with Gasteiger partial charge < -0.3 is 4.57 Å². The molecule has 0 N–H and O–H groups in total. The predicted octanol–water partition coefficient (Wildman–Crippen LogP) is 2.62. The van der Waals surface area contributed by atoms with Crippen molar-refractivity contribution in [2.75, 3.05) is 0 Å². The van der Waals surface area contributed by atoms with Crippen molar-refractivity contribution in [3.8, 4) is 0 Å². The average Bonchev–Trinajstić information content (AvgIpc) is 2.55. The third-order valence-electron chi connectivity index (χ3n) is 3.72. The quantitative estimate of drug-likeness (QED) is 0.615. The van der Waals surface area contributed by atoms with E-state index < -0.39 is 0 Å².